The second-order valence-electron chi connectivity index (χ2n) is 6.68. The molecular formula is C19H27F2N3O. The molecule has 0 saturated carbocycles. The number of nitrogens with one attached hydrogen (secondary N) is 1. The van der Waals surface area contributed by atoms with Crippen molar-refractivity contribution in [2.45, 2.75) is 46.0 Å². The van der Waals surface area contributed by atoms with Crippen molar-refractivity contribution in [1.29, 1.82) is 0 Å². The molecule has 0 spiro atoms. The zero-order valence-electron chi connectivity index (χ0n) is 14.9. The lowest BCUT2D eigenvalue weighted by Gasteiger charge is -2.18. The summed E-state index contributed by atoms with van der Waals surface area (Å²) < 4.78 is 33.0. The van der Waals surface area contributed by atoms with Crippen LogP contribution in [0.3, 0.4) is 0 Å². The first-order chi connectivity index (χ1) is 11.9. The van der Waals surface area contributed by atoms with Gasteiger partial charge in [-0.15, -0.1) is 0 Å². The van der Waals surface area contributed by atoms with Crippen molar-refractivity contribution in [1.82, 2.24) is 10.2 Å². The van der Waals surface area contributed by atoms with E-state index in [1.807, 2.05) is 6.92 Å². The fraction of sp³-hybridized carbons (Fsp3) is 0.526. The van der Waals surface area contributed by atoms with Gasteiger partial charge in [0.15, 0.2) is 5.82 Å². The van der Waals surface area contributed by atoms with Gasteiger partial charge in [-0.1, -0.05) is 33.3 Å². The van der Waals surface area contributed by atoms with Crippen LogP contribution in [0.15, 0.2) is 24.5 Å². The van der Waals surface area contributed by atoms with Crippen molar-refractivity contribution in [2.75, 3.05) is 12.3 Å². The second kappa shape index (κ2) is 8.83. The van der Waals surface area contributed by atoms with Crippen LogP contribution >= 0.6 is 0 Å². The van der Waals surface area contributed by atoms with E-state index in [4.69, 9.17) is 10.5 Å². The van der Waals surface area contributed by atoms with Crippen LogP contribution in [0.4, 0.5) is 14.6 Å². The lowest BCUT2D eigenvalue weighted by molar-refractivity contribution is 0.225. The quantitative estimate of drug-likeness (QED) is 0.605. The molecule has 2 aromatic rings. The molecule has 6 heteroatoms. The number of benzene rings is 1. The number of nitrogens with two attached hydrogens (primary N) is 1. The Bertz CT molecular complexity index is 714. The summed E-state index contributed by atoms with van der Waals surface area (Å²) in [5.41, 5.74) is 6.16. The van der Waals surface area contributed by atoms with Gasteiger partial charge in [-0.25, -0.2) is 8.78 Å². The molecule has 3 N–H and O–H groups in total. The summed E-state index contributed by atoms with van der Waals surface area (Å²) >= 11 is 0. The highest BCUT2D eigenvalue weighted by molar-refractivity contribution is 5.90. The molecule has 0 saturated heterocycles. The van der Waals surface area contributed by atoms with Gasteiger partial charge in [0.2, 0.25) is 0 Å². The van der Waals surface area contributed by atoms with E-state index in [-0.39, 0.29) is 22.9 Å². The zero-order valence-corrected chi connectivity index (χ0v) is 14.9. The molecule has 0 amide bonds. The maximum absolute atomic E-state index is 14.1. The van der Waals surface area contributed by atoms with E-state index < -0.39 is 5.82 Å². The Morgan fingerprint density at radius 2 is 2.12 bits per heavy atom. The summed E-state index contributed by atoms with van der Waals surface area (Å²) in [6.07, 6.45) is 4.72. The summed E-state index contributed by atoms with van der Waals surface area (Å²) in [7, 11) is 0. The molecule has 0 radical (unpaired) electrons. The number of anilines is 1. The molecular weight excluding hydrogens is 324 g/mol. The van der Waals surface area contributed by atoms with Crippen LogP contribution in [0.1, 0.15) is 46.0 Å². The number of hydrogen-bond donors (Lipinski definition) is 2. The summed E-state index contributed by atoms with van der Waals surface area (Å²) in [5.74, 6) is 0.153. The normalized spacial score (nSPS) is 13.8. The minimum absolute atomic E-state index is 0.106. The molecule has 0 fully saturated rings. The number of aromatic nitrogens is 2. The first-order valence-electron chi connectivity index (χ1n) is 8.82. The number of aromatic amines is 1. The maximum Gasteiger partial charge on any atom is 0.156 e. The highest BCUT2D eigenvalue weighted by atomic mass is 19.1. The van der Waals surface area contributed by atoms with Crippen LogP contribution in [0.2, 0.25) is 0 Å². The lowest BCUT2D eigenvalue weighted by Crippen LogP contribution is -2.13. The van der Waals surface area contributed by atoms with Crippen molar-refractivity contribution >= 4 is 16.7 Å². The number of fused-ring (bicyclic) bond motifs is 1. The summed E-state index contributed by atoms with van der Waals surface area (Å²) in [6, 6.07) is 3.05. The van der Waals surface area contributed by atoms with E-state index >= 15 is 0 Å². The van der Waals surface area contributed by atoms with Crippen LogP contribution < -0.4 is 10.5 Å². The Morgan fingerprint density at radius 3 is 2.80 bits per heavy atom. The molecule has 0 aliphatic carbocycles. The Hall–Kier alpha value is -2.11. The van der Waals surface area contributed by atoms with E-state index in [1.165, 1.54) is 6.07 Å². The van der Waals surface area contributed by atoms with Crippen molar-refractivity contribution in [3.63, 3.8) is 0 Å². The van der Waals surface area contributed by atoms with Gasteiger partial charge < -0.3 is 10.5 Å². The summed E-state index contributed by atoms with van der Waals surface area (Å²) in [5, 5.41) is 6.80. The third-order valence-electron chi connectivity index (χ3n) is 4.58. The van der Waals surface area contributed by atoms with Crippen molar-refractivity contribution in [3.8, 4) is 5.75 Å². The molecule has 1 unspecified atom stereocenters. The van der Waals surface area contributed by atoms with Crippen LogP contribution in [-0.2, 0) is 0 Å². The number of nitrogens with zero attached hydrogens (tertiary/aromatic N) is 1. The fourth-order valence-electron chi connectivity index (χ4n) is 2.99. The second-order valence-corrected chi connectivity index (χ2v) is 6.68. The highest BCUT2D eigenvalue weighted by Crippen LogP contribution is 2.28. The van der Waals surface area contributed by atoms with Crippen LogP contribution in [0.5, 0.6) is 5.75 Å². The van der Waals surface area contributed by atoms with E-state index in [9.17, 15) is 8.78 Å². The van der Waals surface area contributed by atoms with Gasteiger partial charge in [0, 0.05) is 18.1 Å². The fourth-order valence-corrected chi connectivity index (χ4v) is 2.99. The van der Waals surface area contributed by atoms with Gasteiger partial charge in [-0.05, 0) is 25.2 Å². The number of ether oxygens (including phenoxy) is 1. The van der Waals surface area contributed by atoms with E-state index in [0.29, 0.717) is 23.8 Å². The van der Waals surface area contributed by atoms with E-state index in [1.54, 1.807) is 6.07 Å². The van der Waals surface area contributed by atoms with Crippen LogP contribution in [0, 0.1) is 17.7 Å². The smallest absolute Gasteiger partial charge is 0.156 e. The predicted molar refractivity (Wildman–Crippen MR) is 97.6 cm³/mol. The van der Waals surface area contributed by atoms with Crippen molar-refractivity contribution < 1.29 is 13.5 Å². The minimum Gasteiger partial charge on any atom is -0.493 e. The Morgan fingerprint density at radius 1 is 1.36 bits per heavy atom. The standard InChI is InChI=1S/C19H27F2N3O/c1-4-6-14(8-5-7-12(2)13(3)20)11-25-15-9-16(21)18-17(10-15)23-24-19(18)22/h9-10,12,14H,3-8,11H2,1-2H3,(H3,22,23,24)/t12-,14?/m0/s1. The summed E-state index contributed by atoms with van der Waals surface area (Å²) in [6.45, 7) is 7.84. The molecule has 1 heterocycles. The highest BCUT2D eigenvalue weighted by Gasteiger charge is 2.14. The van der Waals surface area contributed by atoms with Gasteiger partial charge in [0.25, 0.3) is 0 Å². The van der Waals surface area contributed by atoms with Gasteiger partial charge in [-0.3, -0.25) is 5.10 Å². The molecule has 2 rings (SSSR count). The average Bonchev–Trinajstić information content (AvgIpc) is 2.94. The molecule has 2 atom stereocenters. The molecule has 138 valence electrons. The third kappa shape index (κ3) is 5.18. The number of H-pyrrole nitrogens is 1. The number of allylic oxidation sites excluding steroid dienone is 1. The van der Waals surface area contributed by atoms with Crippen LogP contribution in [-0.4, -0.2) is 16.8 Å². The topological polar surface area (TPSA) is 63.9 Å². The molecule has 4 nitrogen and oxygen atoms in total. The van der Waals surface area contributed by atoms with Crippen molar-refractivity contribution in [3.05, 3.63) is 30.4 Å². The molecule has 0 aliphatic rings. The van der Waals surface area contributed by atoms with Gasteiger partial charge in [0.05, 0.1) is 23.3 Å². The van der Waals surface area contributed by atoms with E-state index in [2.05, 4.69) is 23.7 Å². The van der Waals surface area contributed by atoms with Crippen LogP contribution in [0.25, 0.3) is 10.9 Å². The largest absolute Gasteiger partial charge is 0.493 e. The van der Waals surface area contributed by atoms with Gasteiger partial charge in [0.1, 0.15) is 11.6 Å². The maximum atomic E-state index is 14.1. The van der Waals surface area contributed by atoms with Crippen molar-refractivity contribution in [2.24, 2.45) is 11.8 Å². The average molecular weight is 351 g/mol. The third-order valence-corrected chi connectivity index (χ3v) is 4.58. The molecule has 1 aromatic carbocycles. The number of nitrogen functional groups attached to an aromatic ring is 1. The number of halogens is 2. The molecule has 25 heavy (non-hydrogen) atoms. The minimum atomic E-state index is -0.443. The van der Waals surface area contributed by atoms with Gasteiger partial charge >= 0.3 is 0 Å². The molecule has 1 aromatic heterocycles. The Labute approximate surface area is 147 Å². The Kier molecular flexibility index (Phi) is 6.79. The predicted octanol–water partition coefficient (Wildman–Crippen LogP) is 5.37. The number of hydrogen-bond acceptors (Lipinski definition) is 3. The first kappa shape index (κ1) is 19.2. The SMILES string of the molecule is C=C(F)[C@@H](C)CCCC(CCC)COc1cc(F)c2c(N)n[nH]c2c1. The monoisotopic (exact) mass is 351 g/mol. The molecule has 0 aliphatic heterocycles. The lowest BCUT2D eigenvalue weighted by atomic mass is 9.94. The first-order valence-corrected chi connectivity index (χ1v) is 8.82. The number of rotatable bonds is 10. The molecule has 0 bridgehead atoms. The summed E-state index contributed by atoms with van der Waals surface area (Å²) in [4.78, 5) is 0. The zero-order chi connectivity index (χ0) is 18.4. The van der Waals surface area contributed by atoms with E-state index in [0.717, 1.165) is 32.1 Å². The Balaban J connectivity index is 1.93. The van der Waals surface area contributed by atoms with Gasteiger partial charge in [-0.2, -0.15) is 5.10 Å².